The lowest BCUT2D eigenvalue weighted by molar-refractivity contribution is -0.139. The minimum Gasteiger partial charge on any atom is -0.507 e. The number of benzene rings is 3. The average Bonchev–Trinajstić information content (AvgIpc) is 3.20. The molecule has 4 rings (SSSR count). The molecule has 0 saturated heterocycles. The van der Waals surface area contributed by atoms with Crippen molar-refractivity contribution in [3.63, 3.8) is 0 Å². The van der Waals surface area contributed by atoms with E-state index in [4.69, 9.17) is 4.42 Å². The van der Waals surface area contributed by atoms with Crippen LogP contribution in [0.4, 0.5) is 11.4 Å². The largest absolute Gasteiger partial charge is 0.507 e. The van der Waals surface area contributed by atoms with Gasteiger partial charge in [0.15, 0.2) is 5.76 Å². The third kappa shape index (κ3) is 5.20. The van der Waals surface area contributed by atoms with Gasteiger partial charge in [0.2, 0.25) is 0 Å². The number of nitrogens with one attached hydrogen (secondary N) is 1. The lowest BCUT2D eigenvalue weighted by Gasteiger charge is -2.29. The third-order valence-electron chi connectivity index (χ3n) is 6.04. The molecule has 0 aliphatic carbocycles. The van der Waals surface area contributed by atoms with Crippen molar-refractivity contribution in [1.29, 1.82) is 0 Å². The van der Waals surface area contributed by atoms with Gasteiger partial charge in [0.1, 0.15) is 17.4 Å². The van der Waals surface area contributed by atoms with Crippen LogP contribution in [0.3, 0.4) is 0 Å². The molecule has 192 valence electrons. The molecule has 0 bridgehead atoms. The Kier molecular flexibility index (Phi) is 7.33. The number of aromatic hydroxyl groups is 1. The Morgan fingerprint density at radius 2 is 1.57 bits per heavy atom. The summed E-state index contributed by atoms with van der Waals surface area (Å²) < 4.78 is 28.3. The number of aliphatic carboxylic acids is 1. The quantitative estimate of drug-likeness (QED) is 0.227. The molecule has 4 aromatic rings. The van der Waals surface area contributed by atoms with Gasteiger partial charge in [-0.25, -0.2) is 9.00 Å². The van der Waals surface area contributed by atoms with E-state index in [-0.39, 0.29) is 11.5 Å². The molecule has 1 aromatic heterocycles. The van der Waals surface area contributed by atoms with Crippen molar-refractivity contribution in [2.75, 3.05) is 9.62 Å². The Hall–Kier alpha value is -4.15. The van der Waals surface area contributed by atoms with Crippen LogP contribution in [0.15, 0.2) is 71.1 Å². The summed E-state index contributed by atoms with van der Waals surface area (Å²) in [6, 6.07) is 17.4. The van der Waals surface area contributed by atoms with Gasteiger partial charge in [0.05, 0.1) is 11.1 Å². The van der Waals surface area contributed by atoms with Gasteiger partial charge in [-0.15, -0.1) is 0 Å². The van der Waals surface area contributed by atoms with E-state index in [0.717, 1.165) is 15.4 Å². The molecule has 2 atom stereocenters. The number of carbonyl (C=O) groups is 2. The Bertz CT molecular complexity index is 1480. The molecule has 4 N–H and O–H groups in total. The van der Waals surface area contributed by atoms with Gasteiger partial charge in [-0.2, -0.15) is 0 Å². The summed E-state index contributed by atoms with van der Waals surface area (Å²) in [7, 11) is 0. The number of carbonyl (C=O) groups excluding carboxylic acids is 1. The number of rotatable bonds is 8. The zero-order valence-electron chi connectivity index (χ0n) is 20.3. The molecule has 10 heteroatoms. The standard InChI is InChI=1S/C27H26N2O7S/c1-15(2)24(27(32)33)29(37(34)35)20-13-9-18(10-14-20)17-7-11-19(12-8-17)28-26(31)25-16(3)23-21(30)5-4-6-22(23)36-25/h4-15,24,30H,1-3H3,(H,28,31)(H,32,33)(H,34,35). The maximum atomic E-state index is 12.8. The molecular formula is C27H26N2O7S. The van der Waals surface area contributed by atoms with Crippen LogP contribution in [-0.2, 0) is 16.1 Å². The average molecular weight is 523 g/mol. The number of carboxylic acid groups (broad SMARTS) is 1. The van der Waals surface area contributed by atoms with Gasteiger partial charge in [-0.1, -0.05) is 44.2 Å². The summed E-state index contributed by atoms with van der Waals surface area (Å²) >= 11 is -2.52. The molecule has 1 amide bonds. The van der Waals surface area contributed by atoms with E-state index in [1.54, 1.807) is 81.4 Å². The summed E-state index contributed by atoms with van der Waals surface area (Å²) in [6.07, 6.45) is 0. The van der Waals surface area contributed by atoms with Crippen LogP contribution in [-0.4, -0.2) is 36.9 Å². The zero-order valence-corrected chi connectivity index (χ0v) is 21.2. The Morgan fingerprint density at radius 3 is 2.08 bits per heavy atom. The van der Waals surface area contributed by atoms with Crippen LogP contribution in [0.5, 0.6) is 5.75 Å². The number of amides is 1. The smallest absolute Gasteiger partial charge is 0.327 e. The summed E-state index contributed by atoms with van der Waals surface area (Å²) in [5.74, 6) is -1.87. The van der Waals surface area contributed by atoms with E-state index >= 15 is 0 Å². The van der Waals surface area contributed by atoms with E-state index in [1.165, 1.54) is 6.07 Å². The first-order valence-electron chi connectivity index (χ1n) is 11.4. The van der Waals surface area contributed by atoms with Crippen LogP contribution in [0.1, 0.15) is 30.0 Å². The van der Waals surface area contributed by atoms with E-state index in [0.29, 0.717) is 27.9 Å². The molecule has 9 nitrogen and oxygen atoms in total. The number of aryl methyl sites for hydroxylation is 1. The van der Waals surface area contributed by atoms with Crippen molar-refractivity contribution in [3.05, 3.63) is 78.1 Å². The van der Waals surface area contributed by atoms with E-state index in [9.17, 15) is 28.6 Å². The lowest BCUT2D eigenvalue weighted by Crippen LogP contribution is -2.45. The number of furan rings is 1. The van der Waals surface area contributed by atoms with Crippen molar-refractivity contribution in [2.24, 2.45) is 5.92 Å². The van der Waals surface area contributed by atoms with Gasteiger partial charge < -0.3 is 19.9 Å². The molecule has 0 spiro atoms. The predicted octanol–water partition coefficient (Wildman–Crippen LogP) is 5.42. The second-order valence-corrected chi connectivity index (χ2v) is 9.72. The van der Waals surface area contributed by atoms with Crippen molar-refractivity contribution in [2.45, 2.75) is 26.8 Å². The highest BCUT2D eigenvalue weighted by Crippen LogP contribution is 2.33. The SMILES string of the molecule is Cc1c(C(=O)Nc2ccc(-c3ccc(N(C(C(=O)O)C(C)C)S(=O)O)cc3)cc2)oc2cccc(O)c12. The number of hydrogen-bond donors (Lipinski definition) is 4. The Balaban J connectivity index is 1.52. The van der Waals surface area contributed by atoms with Crippen LogP contribution in [0.25, 0.3) is 22.1 Å². The van der Waals surface area contributed by atoms with Crippen LogP contribution in [0, 0.1) is 12.8 Å². The number of hydrogen-bond acceptors (Lipinski definition) is 5. The summed E-state index contributed by atoms with van der Waals surface area (Å²) in [4.78, 5) is 24.5. The topological polar surface area (TPSA) is 140 Å². The highest BCUT2D eigenvalue weighted by Gasteiger charge is 2.32. The van der Waals surface area contributed by atoms with Gasteiger partial charge in [-0.05, 0) is 60.4 Å². The van der Waals surface area contributed by atoms with Crippen molar-refractivity contribution >= 4 is 45.5 Å². The highest BCUT2D eigenvalue weighted by atomic mass is 32.2. The fraction of sp³-hybridized carbons (Fsp3) is 0.185. The summed E-state index contributed by atoms with van der Waals surface area (Å²) in [5, 5.41) is 22.9. The Labute approximate surface area is 215 Å². The number of phenolic OH excluding ortho intramolecular Hbond substituents is 1. The zero-order chi connectivity index (χ0) is 26.9. The second-order valence-electron chi connectivity index (χ2n) is 8.87. The Morgan fingerprint density at radius 1 is 0.973 bits per heavy atom. The number of carboxylic acids is 1. The predicted molar refractivity (Wildman–Crippen MR) is 142 cm³/mol. The highest BCUT2D eigenvalue weighted by molar-refractivity contribution is 7.80. The maximum Gasteiger partial charge on any atom is 0.327 e. The summed E-state index contributed by atoms with van der Waals surface area (Å²) in [6.45, 7) is 5.06. The van der Waals surface area contributed by atoms with Crippen LogP contribution >= 0.6 is 0 Å². The third-order valence-corrected chi connectivity index (χ3v) is 6.82. The van der Waals surface area contributed by atoms with Gasteiger partial charge in [0.25, 0.3) is 17.2 Å². The molecule has 0 fully saturated rings. The van der Waals surface area contributed by atoms with E-state index in [2.05, 4.69) is 5.32 Å². The molecular weight excluding hydrogens is 496 g/mol. The van der Waals surface area contributed by atoms with Crippen molar-refractivity contribution in [3.8, 4) is 16.9 Å². The van der Waals surface area contributed by atoms with Gasteiger partial charge in [0, 0.05) is 11.3 Å². The lowest BCUT2D eigenvalue weighted by atomic mass is 10.0. The first-order chi connectivity index (χ1) is 17.6. The van der Waals surface area contributed by atoms with Crippen LogP contribution < -0.4 is 9.62 Å². The molecule has 3 aromatic carbocycles. The van der Waals surface area contributed by atoms with E-state index in [1.807, 2.05) is 0 Å². The number of anilines is 2. The fourth-order valence-electron chi connectivity index (χ4n) is 4.24. The number of nitrogens with zero attached hydrogens (tertiary/aromatic N) is 1. The van der Waals surface area contributed by atoms with Crippen LogP contribution in [0.2, 0.25) is 0 Å². The first kappa shape index (κ1) is 25.9. The molecule has 0 saturated carbocycles. The molecule has 0 radical (unpaired) electrons. The molecule has 2 unspecified atom stereocenters. The molecule has 0 aliphatic heterocycles. The van der Waals surface area contributed by atoms with E-state index < -0.39 is 35.1 Å². The molecule has 0 aliphatic rings. The van der Waals surface area contributed by atoms with Crippen molar-refractivity contribution < 1.29 is 33.0 Å². The maximum absolute atomic E-state index is 12.8. The molecule has 37 heavy (non-hydrogen) atoms. The number of phenols is 1. The van der Waals surface area contributed by atoms with Gasteiger partial charge in [-0.3, -0.25) is 13.7 Å². The summed E-state index contributed by atoms with van der Waals surface area (Å²) in [5.41, 5.74) is 3.44. The molecule has 1 heterocycles. The number of fused-ring (bicyclic) bond motifs is 1. The fourth-order valence-corrected chi connectivity index (χ4v) is 5.07. The van der Waals surface area contributed by atoms with Crippen molar-refractivity contribution in [1.82, 2.24) is 0 Å². The monoisotopic (exact) mass is 522 g/mol. The normalized spacial score (nSPS) is 12.9. The minimum atomic E-state index is -2.52. The second kappa shape index (κ2) is 10.5. The van der Waals surface area contributed by atoms with Gasteiger partial charge >= 0.3 is 5.97 Å². The minimum absolute atomic E-state index is 0.0456. The first-order valence-corrected chi connectivity index (χ1v) is 12.5.